The maximum atomic E-state index is 12.9. The monoisotopic (exact) mass is 368 g/mol. The van der Waals surface area contributed by atoms with E-state index in [1.54, 1.807) is 19.2 Å². The molecule has 0 spiro atoms. The normalized spacial score (nSPS) is 16.9. The maximum Gasteiger partial charge on any atom is 0.416 e. The van der Waals surface area contributed by atoms with Crippen LogP contribution in [0.25, 0.3) is 11.3 Å². The van der Waals surface area contributed by atoms with Gasteiger partial charge in [-0.25, -0.2) is 0 Å². The van der Waals surface area contributed by atoms with Gasteiger partial charge < -0.3 is 9.15 Å². The van der Waals surface area contributed by atoms with Crippen molar-refractivity contribution < 1.29 is 22.3 Å². The summed E-state index contributed by atoms with van der Waals surface area (Å²) in [7, 11) is 1.70. The summed E-state index contributed by atoms with van der Waals surface area (Å²) < 4.78 is 49.5. The van der Waals surface area contributed by atoms with Crippen LogP contribution in [0.1, 0.15) is 11.3 Å². The first-order valence-corrected chi connectivity index (χ1v) is 8.66. The van der Waals surface area contributed by atoms with E-state index in [9.17, 15) is 13.2 Å². The van der Waals surface area contributed by atoms with E-state index < -0.39 is 11.7 Å². The summed E-state index contributed by atoms with van der Waals surface area (Å²) >= 11 is 0. The lowest BCUT2D eigenvalue weighted by molar-refractivity contribution is -0.137. The van der Waals surface area contributed by atoms with Gasteiger partial charge in [0.05, 0.1) is 18.7 Å². The standard InChI is InChI=1S/C19H23F3N2O2/c1-25-12-11-23-7-9-24(10-8-23)14-17-5-6-18(26-17)15-3-2-4-16(13-15)19(20,21)22/h2-6,13H,7-12,14H2,1H3. The molecular weight excluding hydrogens is 345 g/mol. The molecule has 0 radical (unpaired) electrons. The van der Waals surface area contributed by atoms with Crippen LogP contribution in [0.3, 0.4) is 0 Å². The van der Waals surface area contributed by atoms with Gasteiger partial charge in [-0.2, -0.15) is 13.2 Å². The fourth-order valence-electron chi connectivity index (χ4n) is 3.08. The van der Waals surface area contributed by atoms with Crippen LogP contribution in [0.5, 0.6) is 0 Å². The molecule has 4 nitrogen and oxygen atoms in total. The lowest BCUT2D eigenvalue weighted by atomic mass is 10.1. The Kier molecular flexibility index (Phi) is 6.01. The van der Waals surface area contributed by atoms with Crippen molar-refractivity contribution in [1.29, 1.82) is 0 Å². The predicted molar refractivity (Wildman–Crippen MR) is 92.7 cm³/mol. The van der Waals surface area contributed by atoms with Gasteiger partial charge in [0.1, 0.15) is 11.5 Å². The Morgan fingerprint density at radius 2 is 1.77 bits per heavy atom. The van der Waals surface area contributed by atoms with E-state index >= 15 is 0 Å². The van der Waals surface area contributed by atoms with Gasteiger partial charge in [-0.15, -0.1) is 0 Å². The van der Waals surface area contributed by atoms with Gasteiger partial charge >= 0.3 is 6.18 Å². The summed E-state index contributed by atoms with van der Waals surface area (Å²) in [5.74, 6) is 1.23. The number of benzene rings is 1. The highest BCUT2D eigenvalue weighted by atomic mass is 19.4. The number of rotatable bonds is 6. The van der Waals surface area contributed by atoms with Gasteiger partial charge in [0.2, 0.25) is 0 Å². The molecule has 1 aromatic heterocycles. The molecule has 7 heteroatoms. The molecule has 2 heterocycles. The summed E-state index contributed by atoms with van der Waals surface area (Å²) in [6.45, 7) is 6.15. The molecule has 3 rings (SSSR count). The van der Waals surface area contributed by atoms with Crippen LogP contribution in [-0.2, 0) is 17.5 Å². The average molecular weight is 368 g/mol. The number of furan rings is 1. The highest BCUT2D eigenvalue weighted by Gasteiger charge is 2.30. The van der Waals surface area contributed by atoms with Gasteiger partial charge in [0.15, 0.2) is 0 Å². The maximum absolute atomic E-state index is 12.9. The highest BCUT2D eigenvalue weighted by molar-refractivity contribution is 5.58. The lowest BCUT2D eigenvalue weighted by Crippen LogP contribution is -2.46. The van der Waals surface area contributed by atoms with E-state index in [0.29, 0.717) is 17.9 Å². The van der Waals surface area contributed by atoms with Gasteiger partial charge in [0.25, 0.3) is 0 Å². The second-order valence-electron chi connectivity index (χ2n) is 6.46. The third kappa shape index (κ3) is 4.87. The second-order valence-corrected chi connectivity index (χ2v) is 6.46. The van der Waals surface area contributed by atoms with Crippen molar-refractivity contribution in [3.8, 4) is 11.3 Å². The minimum absolute atomic E-state index is 0.440. The highest BCUT2D eigenvalue weighted by Crippen LogP contribution is 2.32. The van der Waals surface area contributed by atoms with Crippen LogP contribution in [-0.4, -0.2) is 56.2 Å². The van der Waals surface area contributed by atoms with Gasteiger partial charge in [-0.3, -0.25) is 9.80 Å². The van der Waals surface area contributed by atoms with Crippen molar-refractivity contribution in [1.82, 2.24) is 9.80 Å². The quantitative estimate of drug-likeness (QED) is 0.777. The Bertz CT molecular complexity index is 707. The topological polar surface area (TPSA) is 28.9 Å². The first-order chi connectivity index (χ1) is 12.5. The molecule has 1 aliphatic heterocycles. The van der Waals surface area contributed by atoms with Crippen LogP contribution < -0.4 is 0 Å². The van der Waals surface area contributed by atoms with E-state index in [0.717, 1.165) is 57.2 Å². The fourth-order valence-corrected chi connectivity index (χ4v) is 3.08. The smallest absolute Gasteiger partial charge is 0.416 e. The second kappa shape index (κ2) is 8.24. The zero-order valence-electron chi connectivity index (χ0n) is 14.8. The number of hydrogen-bond acceptors (Lipinski definition) is 4. The number of halogens is 3. The van der Waals surface area contributed by atoms with Crippen LogP contribution in [0.2, 0.25) is 0 Å². The molecular formula is C19H23F3N2O2. The first-order valence-electron chi connectivity index (χ1n) is 8.66. The zero-order valence-corrected chi connectivity index (χ0v) is 14.8. The summed E-state index contributed by atoms with van der Waals surface area (Å²) in [4.78, 5) is 4.65. The molecule has 26 heavy (non-hydrogen) atoms. The van der Waals surface area contributed by atoms with Gasteiger partial charge in [0, 0.05) is 45.4 Å². The number of ether oxygens (including phenoxy) is 1. The van der Waals surface area contributed by atoms with Crippen molar-refractivity contribution in [3.63, 3.8) is 0 Å². The van der Waals surface area contributed by atoms with Crippen LogP contribution >= 0.6 is 0 Å². The van der Waals surface area contributed by atoms with Gasteiger partial charge in [-0.05, 0) is 24.3 Å². The molecule has 0 atom stereocenters. The molecule has 0 N–H and O–H groups in total. The van der Waals surface area contributed by atoms with Crippen LogP contribution in [0.4, 0.5) is 13.2 Å². The van der Waals surface area contributed by atoms with Crippen molar-refractivity contribution in [2.24, 2.45) is 0 Å². The van der Waals surface area contributed by atoms with E-state index in [-0.39, 0.29) is 0 Å². The van der Waals surface area contributed by atoms with Crippen LogP contribution in [0, 0.1) is 0 Å². The third-order valence-corrected chi connectivity index (χ3v) is 4.59. The zero-order chi connectivity index (χ0) is 18.6. The van der Waals surface area contributed by atoms with Crippen LogP contribution in [0.15, 0.2) is 40.8 Å². The molecule has 1 aromatic carbocycles. The Hall–Kier alpha value is -1.83. The predicted octanol–water partition coefficient (Wildman–Crippen LogP) is 3.73. The molecule has 0 amide bonds. The molecule has 142 valence electrons. The Balaban J connectivity index is 1.59. The first kappa shape index (κ1) is 18.9. The molecule has 1 fully saturated rings. The minimum Gasteiger partial charge on any atom is -0.460 e. The summed E-state index contributed by atoms with van der Waals surface area (Å²) in [5, 5.41) is 0. The largest absolute Gasteiger partial charge is 0.460 e. The van der Waals surface area contributed by atoms with Crippen molar-refractivity contribution in [3.05, 3.63) is 47.7 Å². The molecule has 0 aliphatic carbocycles. The molecule has 2 aromatic rings. The molecule has 0 unspecified atom stereocenters. The van der Waals surface area contributed by atoms with Crippen molar-refractivity contribution in [2.75, 3.05) is 46.4 Å². The minimum atomic E-state index is -4.35. The summed E-state index contributed by atoms with van der Waals surface area (Å²) in [6.07, 6.45) is -4.35. The number of nitrogens with zero attached hydrogens (tertiary/aromatic N) is 2. The average Bonchev–Trinajstić information content (AvgIpc) is 3.09. The summed E-state index contributed by atoms with van der Waals surface area (Å²) in [6, 6.07) is 8.80. The number of piperazine rings is 1. The van der Waals surface area contributed by atoms with Gasteiger partial charge in [-0.1, -0.05) is 12.1 Å². The number of methoxy groups -OCH3 is 1. The van der Waals surface area contributed by atoms with Crippen molar-refractivity contribution >= 4 is 0 Å². The Morgan fingerprint density at radius 3 is 2.46 bits per heavy atom. The van der Waals surface area contributed by atoms with Crippen molar-refractivity contribution in [2.45, 2.75) is 12.7 Å². The SMILES string of the molecule is COCCN1CCN(Cc2ccc(-c3cccc(C(F)(F)F)c3)o2)CC1. The molecule has 1 aliphatic rings. The van der Waals surface area contributed by atoms with E-state index in [4.69, 9.17) is 9.15 Å². The molecule has 0 saturated carbocycles. The molecule has 0 bridgehead atoms. The number of hydrogen-bond donors (Lipinski definition) is 0. The summed E-state index contributed by atoms with van der Waals surface area (Å²) in [5.41, 5.74) is -0.226. The number of alkyl halides is 3. The Labute approximate surface area is 151 Å². The molecule has 1 saturated heterocycles. The van der Waals surface area contributed by atoms with E-state index in [1.807, 2.05) is 6.07 Å². The lowest BCUT2D eigenvalue weighted by Gasteiger charge is -2.34. The van der Waals surface area contributed by atoms with E-state index in [2.05, 4.69) is 9.80 Å². The fraction of sp³-hybridized carbons (Fsp3) is 0.474. The van der Waals surface area contributed by atoms with E-state index in [1.165, 1.54) is 6.07 Å². The Morgan fingerprint density at radius 1 is 1.04 bits per heavy atom. The third-order valence-electron chi connectivity index (χ3n) is 4.59.